The lowest BCUT2D eigenvalue weighted by molar-refractivity contribution is -0.385. The number of hydrogen-bond donors (Lipinski definition) is 0. The molecule has 4 heterocycles. The van der Waals surface area contributed by atoms with Crippen LogP contribution in [0, 0.1) is 10.1 Å². The monoisotopic (exact) mass is 470 g/mol. The molecular weight excluding hydrogens is 465 g/mol. The van der Waals surface area contributed by atoms with Crippen molar-refractivity contribution in [1.29, 1.82) is 0 Å². The fourth-order valence-electron chi connectivity index (χ4n) is 3.15. The van der Waals surface area contributed by atoms with E-state index in [4.69, 9.17) is 0 Å². The van der Waals surface area contributed by atoms with E-state index in [1.165, 1.54) is 36.5 Å². The number of hydrogen-bond acceptors (Lipinski definition) is 3. The summed E-state index contributed by atoms with van der Waals surface area (Å²) in [5, 5.41) is 11.4. The Labute approximate surface area is 156 Å². The Balaban J connectivity index is 2.14. The predicted octanol–water partition coefficient (Wildman–Crippen LogP) is 3.93. The predicted molar refractivity (Wildman–Crippen MR) is 95.7 cm³/mol. The molecule has 2 aromatic rings. The molecule has 0 bridgehead atoms. The Hall–Kier alpha value is -2.14. The van der Waals surface area contributed by atoms with Gasteiger partial charge in [-0.1, -0.05) is 0 Å². The Morgan fingerprint density at radius 2 is 2.00 bits per heavy atom. The molecule has 2 aliphatic heterocycles. The van der Waals surface area contributed by atoms with E-state index in [-0.39, 0.29) is 31.9 Å². The van der Waals surface area contributed by atoms with Gasteiger partial charge in [0.05, 0.1) is 20.7 Å². The van der Waals surface area contributed by atoms with Crippen LogP contribution in [-0.2, 0) is 0 Å². The highest BCUT2D eigenvalue weighted by molar-refractivity contribution is 9.18. The lowest BCUT2D eigenvalue weighted by Crippen LogP contribution is -2.50. The maximum atomic E-state index is 15.1. The van der Waals surface area contributed by atoms with E-state index in [1.807, 2.05) is 0 Å². The van der Waals surface area contributed by atoms with Crippen LogP contribution < -0.4 is 0 Å². The van der Waals surface area contributed by atoms with E-state index in [2.05, 4.69) is 36.8 Å². The topological polar surface area (TPSA) is 64.0 Å². The van der Waals surface area contributed by atoms with Crippen molar-refractivity contribution < 1.29 is 18.0 Å². The second kappa shape index (κ2) is 5.43. The zero-order valence-electron chi connectivity index (χ0n) is 12.2. The first kappa shape index (κ1) is 16.3. The van der Waals surface area contributed by atoms with E-state index in [0.717, 1.165) is 15.2 Å². The highest BCUT2D eigenvalue weighted by atomic mass is 79.9. The lowest BCUT2D eigenvalue weighted by atomic mass is 9.86. The molecule has 25 heavy (non-hydrogen) atoms. The number of halogens is 4. The summed E-state index contributed by atoms with van der Waals surface area (Å²) in [6.45, 7) is -4.16. The van der Waals surface area contributed by atoms with E-state index < -0.39 is 11.9 Å². The van der Waals surface area contributed by atoms with Gasteiger partial charge in [-0.2, -0.15) is 0 Å². The highest BCUT2D eigenvalue weighted by Crippen LogP contribution is 2.43. The van der Waals surface area contributed by atoms with Crippen LogP contribution in [-0.4, -0.2) is 30.5 Å². The molecule has 0 saturated carbocycles. The van der Waals surface area contributed by atoms with Gasteiger partial charge in [0.1, 0.15) is 6.20 Å². The molecule has 11 heteroatoms. The van der Waals surface area contributed by atoms with Crippen LogP contribution in [0.2, 0.25) is 0 Å². The molecule has 0 atom stereocenters. The fraction of sp³-hybridized carbons (Fsp3) is 0. The minimum atomic E-state index is -4.16. The summed E-state index contributed by atoms with van der Waals surface area (Å²) >= 11 is 6.30. The minimum Gasteiger partial charge on any atom is -0.389 e. The SMILES string of the molecule is O=[N+]([O-])c1cnccc1C1=C2C=CC(Br)=[N+]2[B-](F)(F)n2c(Br)ccc21. The van der Waals surface area contributed by atoms with Gasteiger partial charge in [0.25, 0.3) is 5.69 Å². The van der Waals surface area contributed by atoms with Crippen molar-refractivity contribution in [3.8, 4) is 0 Å². The van der Waals surface area contributed by atoms with Gasteiger partial charge in [-0.25, -0.2) is 0 Å². The van der Waals surface area contributed by atoms with Crippen molar-refractivity contribution in [2.24, 2.45) is 0 Å². The molecule has 0 unspecified atom stereocenters. The molecule has 4 rings (SSSR count). The summed E-state index contributed by atoms with van der Waals surface area (Å²) < 4.78 is 32.3. The molecule has 2 aromatic heterocycles. The average molecular weight is 472 g/mol. The maximum absolute atomic E-state index is 15.1. The quantitative estimate of drug-likeness (QED) is 0.379. The van der Waals surface area contributed by atoms with Gasteiger partial charge in [-0.05, 0) is 34.1 Å². The number of fused-ring (bicyclic) bond motifs is 2. The van der Waals surface area contributed by atoms with Crippen molar-refractivity contribution in [3.63, 3.8) is 0 Å². The number of nitro groups is 1. The Kier molecular flexibility index (Phi) is 3.55. The molecule has 0 saturated heterocycles. The number of nitrogens with zero attached hydrogens (tertiary/aromatic N) is 4. The zero-order valence-corrected chi connectivity index (χ0v) is 15.4. The van der Waals surface area contributed by atoms with E-state index in [0.29, 0.717) is 5.57 Å². The fourth-order valence-corrected chi connectivity index (χ4v) is 4.29. The van der Waals surface area contributed by atoms with Crippen molar-refractivity contribution in [2.75, 3.05) is 0 Å². The summed E-state index contributed by atoms with van der Waals surface area (Å²) in [6, 6.07) is 4.47. The Morgan fingerprint density at radius 3 is 2.72 bits per heavy atom. The molecule has 0 N–H and O–H groups in total. The standard InChI is InChI=1S/C14H7BBr2F2N4O2/c16-12-3-1-9-14(8-5-6-20-7-11(8)23(24)25)10-2-4-13(17)22(10)15(18,19)21(9)12/h1-7H. The number of allylic oxidation sites excluding steroid dienone is 2. The highest BCUT2D eigenvalue weighted by Gasteiger charge is 2.54. The number of aromatic nitrogens is 2. The summed E-state index contributed by atoms with van der Waals surface area (Å²) in [5.74, 6) is 0. The number of pyridine rings is 1. The first-order valence-electron chi connectivity index (χ1n) is 7.06. The molecule has 0 aromatic carbocycles. The van der Waals surface area contributed by atoms with Crippen LogP contribution in [0.25, 0.3) is 5.57 Å². The van der Waals surface area contributed by atoms with Gasteiger partial charge >= 0.3 is 6.97 Å². The van der Waals surface area contributed by atoms with Crippen molar-refractivity contribution in [3.05, 3.63) is 74.4 Å². The summed E-state index contributed by atoms with van der Waals surface area (Å²) in [7, 11) is 0. The van der Waals surface area contributed by atoms with Gasteiger partial charge in [-0.15, -0.1) is 0 Å². The molecule has 0 radical (unpaired) electrons. The number of rotatable bonds is 2. The van der Waals surface area contributed by atoms with Crippen molar-refractivity contribution in [2.45, 2.75) is 0 Å². The average Bonchev–Trinajstić information content (AvgIpc) is 3.13. The van der Waals surface area contributed by atoms with E-state index in [1.54, 1.807) is 0 Å². The van der Waals surface area contributed by atoms with Crippen LogP contribution in [0.5, 0.6) is 0 Å². The Morgan fingerprint density at radius 1 is 1.24 bits per heavy atom. The Bertz CT molecular complexity index is 1050. The van der Waals surface area contributed by atoms with Crippen LogP contribution in [0.15, 0.2) is 53.0 Å². The zero-order chi connectivity index (χ0) is 17.9. The van der Waals surface area contributed by atoms with Gasteiger partial charge in [0.15, 0.2) is 5.70 Å². The van der Waals surface area contributed by atoms with Crippen LogP contribution in [0.1, 0.15) is 11.3 Å². The first-order chi connectivity index (χ1) is 11.8. The lowest BCUT2D eigenvalue weighted by Gasteiger charge is -2.31. The van der Waals surface area contributed by atoms with Crippen molar-refractivity contribution in [1.82, 2.24) is 9.46 Å². The largest absolute Gasteiger partial charge is 0.738 e. The molecule has 126 valence electrons. The molecule has 2 aliphatic rings. The molecule has 0 amide bonds. The second-order valence-electron chi connectivity index (χ2n) is 5.44. The summed E-state index contributed by atoms with van der Waals surface area (Å²) in [4.78, 5) is 14.6. The minimum absolute atomic E-state index is 0.188. The van der Waals surface area contributed by atoms with Gasteiger partial charge in [-0.3, -0.25) is 15.1 Å². The molecule has 0 aliphatic carbocycles. The van der Waals surface area contributed by atoms with Gasteiger partial charge in [0.2, 0.25) is 4.62 Å². The van der Waals surface area contributed by atoms with Gasteiger partial charge in [0, 0.05) is 40.0 Å². The van der Waals surface area contributed by atoms with E-state index >= 15 is 8.63 Å². The van der Waals surface area contributed by atoms with Crippen LogP contribution in [0.4, 0.5) is 14.3 Å². The molecule has 6 nitrogen and oxygen atoms in total. The van der Waals surface area contributed by atoms with Crippen LogP contribution >= 0.6 is 31.9 Å². The third-order valence-corrected chi connectivity index (χ3v) is 5.43. The first-order valence-corrected chi connectivity index (χ1v) is 8.65. The second-order valence-corrected chi connectivity index (χ2v) is 7.06. The van der Waals surface area contributed by atoms with Crippen LogP contribution in [0.3, 0.4) is 0 Å². The smallest absolute Gasteiger partial charge is 0.389 e. The van der Waals surface area contributed by atoms with Gasteiger partial charge < -0.3 is 17.6 Å². The third kappa shape index (κ3) is 2.18. The van der Waals surface area contributed by atoms with Crippen molar-refractivity contribution >= 4 is 54.7 Å². The molecule has 0 spiro atoms. The molecule has 0 fully saturated rings. The third-order valence-electron chi connectivity index (χ3n) is 4.14. The summed E-state index contributed by atoms with van der Waals surface area (Å²) in [6.07, 6.45) is 5.53. The normalized spacial score (nSPS) is 17.8. The van der Waals surface area contributed by atoms with E-state index in [9.17, 15) is 10.1 Å². The maximum Gasteiger partial charge on any atom is 0.738 e. The summed E-state index contributed by atoms with van der Waals surface area (Å²) in [5.41, 5.74) is 0.722. The molecular formula is C14H7BBr2F2N4O2.